The van der Waals surface area contributed by atoms with Crippen molar-refractivity contribution in [3.05, 3.63) is 0 Å². The number of carbonyl (C=O) groups is 1. The maximum Gasteiger partial charge on any atom is 0.347 e. The first kappa shape index (κ1) is 15.4. The first-order valence-corrected chi connectivity index (χ1v) is 5.96. The van der Waals surface area contributed by atoms with Crippen LogP contribution in [0.1, 0.15) is 60.8 Å². The lowest BCUT2D eigenvalue weighted by Gasteiger charge is -2.33. The van der Waals surface area contributed by atoms with Crippen LogP contribution < -0.4 is 0 Å². The minimum atomic E-state index is -0.630. The fraction of sp³-hybridized carbons (Fsp3) is 0.923. The van der Waals surface area contributed by atoms with Gasteiger partial charge < -0.3 is 4.89 Å². The standard InChI is InChI=1S/C13H26O3/c1-10(2)7-8-12(3,4)9-13(5,6)11(14)16-15/h10,15H,7-9H2,1-6H3. The van der Waals surface area contributed by atoms with Crippen LogP contribution in [0.4, 0.5) is 0 Å². The van der Waals surface area contributed by atoms with Crippen molar-refractivity contribution in [2.45, 2.75) is 60.8 Å². The lowest BCUT2D eigenvalue weighted by Crippen LogP contribution is -2.31. The SMILES string of the molecule is CC(C)CCC(C)(C)CC(C)(C)C(=O)OO. The van der Waals surface area contributed by atoms with Crippen molar-refractivity contribution in [3.63, 3.8) is 0 Å². The van der Waals surface area contributed by atoms with Crippen LogP contribution in [0.25, 0.3) is 0 Å². The molecule has 0 aromatic heterocycles. The maximum atomic E-state index is 11.4. The van der Waals surface area contributed by atoms with E-state index >= 15 is 0 Å². The molecule has 0 aliphatic heterocycles. The van der Waals surface area contributed by atoms with Crippen molar-refractivity contribution in [3.8, 4) is 0 Å². The van der Waals surface area contributed by atoms with Crippen molar-refractivity contribution in [1.82, 2.24) is 0 Å². The molecule has 16 heavy (non-hydrogen) atoms. The van der Waals surface area contributed by atoms with Crippen molar-refractivity contribution in [2.24, 2.45) is 16.7 Å². The summed E-state index contributed by atoms with van der Waals surface area (Å²) >= 11 is 0. The van der Waals surface area contributed by atoms with Gasteiger partial charge in [-0.15, -0.1) is 0 Å². The minimum absolute atomic E-state index is 0.0853. The Morgan fingerprint density at radius 2 is 1.75 bits per heavy atom. The highest BCUT2D eigenvalue weighted by atomic mass is 17.1. The first-order chi connectivity index (χ1) is 7.10. The quantitative estimate of drug-likeness (QED) is 0.556. The number of carbonyl (C=O) groups excluding carboxylic acids is 1. The normalized spacial score (nSPS) is 13.0. The first-order valence-electron chi connectivity index (χ1n) is 5.96. The summed E-state index contributed by atoms with van der Waals surface area (Å²) in [6, 6.07) is 0. The van der Waals surface area contributed by atoms with Crippen molar-refractivity contribution in [2.75, 3.05) is 0 Å². The van der Waals surface area contributed by atoms with Gasteiger partial charge in [-0.3, -0.25) is 0 Å². The van der Waals surface area contributed by atoms with E-state index in [4.69, 9.17) is 5.26 Å². The molecule has 0 rings (SSSR count). The van der Waals surface area contributed by atoms with E-state index in [9.17, 15) is 4.79 Å². The number of hydrogen-bond donors (Lipinski definition) is 1. The van der Waals surface area contributed by atoms with Crippen LogP contribution in [-0.4, -0.2) is 11.2 Å². The molecule has 0 saturated heterocycles. The zero-order chi connectivity index (χ0) is 13.0. The van der Waals surface area contributed by atoms with Gasteiger partial charge in [0.2, 0.25) is 0 Å². The average molecular weight is 230 g/mol. The molecule has 96 valence electrons. The van der Waals surface area contributed by atoms with E-state index in [1.807, 2.05) is 13.8 Å². The second-order valence-electron chi connectivity index (χ2n) is 6.54. The summed E-state index contributed by atoms with van der Waals surface area (Å²) in [5, 5.41) is 8.44. The molecular formula is C13H26O3. The Bertz CT molecular complexity index is 229. The lowest BCUT2D eigenvalue weighted by molar-refractivity contribution is -0.245. The van der Waals surface area contributed by atoms with Gasteiger partial charge in [-0.05, 0) is 38.0 Å². The van der Waals surface area contributed by atoms with E-state index in [1.165, 1.54) is 0 Å². The van der Waals surface area contributed by atoms with Crippen LogP contribution in [0.15, 0.2) is 0 Å². The van der Waals surface area contributed by atoms with Gasteiger partial charge in [0.05, 0.1) is 5.41 Å². The highest BCUT2D eigenvalue weighted by molar-refractivity contribution is 5.75. The predicted octanol–water partition coefficient (Wildman–Crippen LogP) is 3.88. The summed E-state index contributed by atoms with van der Waals surface area (Å²) in [5.41, 5.74) is -0.544. The molecule has 3 nitrogen and oxygen atoms in total. The molecule has 0 aliphatic carbocycles. The minimum Gasteiger partial charge on any atom is -0.300 e. The van der Waals surface area contributed by atoms with Crippen LogP contribution in [0, 0.1) is 16.7 Å². The average Bonchev–Trinajstić information content (AvgIpc) is 2.12. The lowest BCUT2D eigenvalue weighted by atomic mass is 9.72. The van der Waals surface area contributed by atoms with Gasteiger partial charge in [-0.25, -0.2) is 4.79 Å². The second kappa shape index (κ2) is 5.67. The van der Waals surface area contributed by atoms with Crippen molar-refractivity contribution in [1.29, 1.82) is 0 Å². The zero-order valence-electron chi connectivity index (χ0n) is 11.5. The summed E-state index contributed by atoms with van der Waals surface area (Å²) in [6.45, 7) is 12.3. The Balaban J connectivity index is 4.39. The van der Waals surface area contributed by atoms with Crippen molar-refractivity contribution >= 4 is 5.97 Å². The number of hydrogen-bond acceptors (Lipinski definition) is 3. The number of rotatable bonds is 6. The van der Waals surface area contributed by atoms with E-state index in [0.717, 1.165) is 12.8 Å². The van der Waals surface area contributed by atoms with E-state index in [2.05, 4.69) is 32.6 Å². The summed E-state index contributed by atoms with van der Waals surface area (Å²) < 4.78 is 0. The molecule has 0 aromatic rings. The van der Waals surface area contributed by atoms with E-state index in [0.29, 0.717) is 12.3 Å². The third-order valence-corrected chi connectivity index (χ3v) is 2.95. The molecule has 0 unspecified atom stereocenters. The maximum absolute atomic E-state index is 11.4. The molecule has 0 aromatic carbocycles. The molecule has 0 heterocycles. The van der Waals surface area contributed by atoms with E-state index < -0.39 is 11.4 Å². The molecule has 0 fully saturated rings. The molecule has 0 radical (unpaired) electrons. The van der Waals surface area contributed by atoms with Gasteiger partial charge in [0, 0.05) is 0 Å². The second-order valence-corrected chi connectivity index (χ2v) is 6.54. The Hall–Kier alpha value is -0.570. The highest BCUT2D eigenvalue weighted by Crippen LogP contribution is 2.38. The Labute approximate surface area is 99.1 Å². The molecule has 3 heteroatoms. The van der Waals surface area contributed by atoms with E-state index in [-0.39, 0.29) is 5.41 Å². The summed E-state index contributed by atoms with van der Waals surface area (Å²) in [4.78, 5) is 15.2. The molecule has 0 amide bonds. The molecule has 0 aliphatic rings. The summed E-state index contributed by atoms with van der Waals surface area (Å²) in [5.74, 6) is 0.123. The fourth-order valence-corrected chi connectivity index (χ4v) is 2.16. The Kier molecular flexibility index (Phi) is 5.47. The van der Waals surface area contributed by atoms with Gasteiger partial charge in [-0.2, -0.15) is 5.26 Å². The Morgan fingerprint density at radius 3 is 2.12 bits per heavy atom. The molecule has 0 spiro atoms. The van der Waals surface area contributed by atoms with Gasteiger partial charge in [0.1, 0.15) is 0 Å². The predicted molar refractivity (Wildman–Crippen MR) is 65.0 cm³/mol. The van der Waals surface area contributed by atoms with Crippen LogP contribution in [0.3, 0.4) is 0 Å². The molecule has 0 atom stereocenters. The van der Waals surface area contributed by atoms with Gasteiger partial charge in [0.25, 0.3) is 0 Å². The summed E-state index contributed by atoms with van der Waals surface area (Å²) in [7, 11) is 0. The van der Waals surface area contributed by atoms with Crippen LogP contribution in [-0.2, 0) is 9.68 Å². The van der Waals surface area contributed by atoms with E-state index in [1.54, 1.807) is 0 Å². The van der Waals surface area contributed by atoms with Crippen LogP contribution in [0.2, 0.25) is 0 Å². The van der Waals surface area contributed by atoms with Crippen LogP contribution in [0.5, 0.6) is 0 Å². The Morgan fingerprint density at radius 1 is 1.25 bits per heavy atom. The fourth-order valence-electron chi connectivity index (χ4n) is 2.16. The van der Waals surface area contributed by atoms with Gasteiger partial charge >= 0.3 is 5.97 Å². The van der Waals surface area contributed by atoms with Gasteiger partial charge in [0.15, 0.2) is 0 Å². The third-order valence-electron chi connectivity index (χ3n) is 2.95. The summed E-state index contributed by atoms with van der Waals surface area (Å²) in [6.07, 6.45) is 2.94. The largest absolute Gasteiger partial charge is 0.347 e. The molecule has 1 N–H and O–H groups in total. The zero-order valence-corrected chi connectivity index (χ0v) is 11.5. The monoisotopic (exact) mass is 230 g/mol. The van der Waals surface area contributed by atoms with Crippen LogP contribution >= 0.6 is 0 Å². The smallest absolute Gasteiger partial charge is 0.300 e. The highest BCUT2D eigenvalue weighted by Gasteiger charge is 2.36. The third kappa shape index (κ3) is 5.50. The molecular weight excluding hydrogens is 204 g/mol. The molecule has 0 saturated carbocycles. The topological polar surface area (TPSA) is 46.5 Å². The van der Waals surface area contributed by atoms with Gasteiger partial charge in [-0.1, -0.05) is 34.1 Å². The van der Waals surface area contributed by atoms with Crippen molar-refractivity contribution < 1.29 is 14.9 Å². The molecule has 0 bridgehead atoms.